The van der Waals surface area contributed by atoms with Gasteiger partial charge in [-0.3, -0.25) is 0 Å². The van der Waals surface area contributed by atoms with Crippen LogP contribution in [0.15, 0.2) is 73.9 Å². The molecule has 13 heteroatoms. The fourth-order valence-electron chi connectivity index (χ4n) is 3.09. The van der Waals surface area contributed by atoms with Crippen LogP contribution in [-0.4, -0.2) is 31.4 Å². The van der Waals surface area contributed by atoms with E-state index in [1.54, 1.807) is 18.2 Å². The molecule has 0 saturated heterocycles. The molecule has 0 atom stereocenters. The first-order valence-corrected chi connectivity index (χ1v) is 10.4. The summed E-state index contributed by atoms with van der Waals surface area (Å²) < 4.78 is 23.6. The van der Waals surface area contributed by atoms with Crippen molar-refractivity contribution in [3.8, 4) is 11.3 Å². The van der Waals surface area contributed by atoms with Gasteiger partial charge in [0.25, 0.3) is 0 Å². The molecule has 35 heavy (non-hydrogen) atoms. The monoisotopic (exact) mass is 493 g/mol. The quantitative estimate of drug-likeness (QED) is 0.268. The van der Waals surface area contributed by atoms with Gasteiger partial charge in [-0.15, -0.1) is 5.11 Å². The highest BCUT2D eigenvalue weighted by atomic mass is 35.5. The fourth-order valence-corrected chi connectivity index (χ4v) is 3.28. The summed E-state index contributed by atoms with van der Waals surface area (Å²) in [4.78, 5) is 19.8. The second-order valence-corrected chi connectivity index (χ2v) is 7.51. The maximum absolute atomic E-state index is 13.2. The topological polar surface area (TPSA) is 152 Å². The number of carboxylic acid groups (broad SMARTS) is 1. The Labute approximate surface area is 200 Å². The second kappa shape index (κ2) is 9.27. The first-order chi connectivity index (χ1) is 17.0. The Morgan fingerprint density at radius 1 is 1.06 bits per heavy atom. The highest BCUT2D eigenvalue weighted by Crippen LogP contribution is 2.29. The van der Waals surface area contributed by atoms with Crippen LogP contribution in [0, 0.1) is 5.82 Å². The van der Waals surface area contributed by atoms with Gasteiger partial charge in [0, 0.05) is 11.3 Å². The number of furan rings is 1. The van der Waals surface area contributed by atoms with Crippen LogP contribution < -0.4 is 5.32 Å². The lowest BCUT2D eigenvalue weighted by atomic mass is 10.1. The first-order valence-electron chi connectivity index (χ1n) is 9.98. The third-order valence-corrected chi connectivity index (χ3v) is 5.07. The van der Waals surface area contributed by atoms with E-state index in [2.05, 4.69) is 40.5 Å². The van der Waals surface area contributed by atoms with Crippen LogP contribution >= 0.6 is 11.6 Å². The Morgan fingerprint density at radius 2 is 1.83 bits per heavy atom. The highest BCUT2D eigenvalue weighted by Gasteiger charge is 2.14. The van der Waals surface area contributed by atoms with E-state index in [0.29, 0.717) is 22.8 Å². The van der Waals surface area contributed by atoms with Gasteiger partial charge in [-0.1, -0.05) is 11.6 Å². The van der Waals surface area contributed by atoms with Gasteiger partial charge in [0.1, 0.15) is 23.9 Å². The summed E-state index contributed by atoms with van der Waals surface area (Å²) in [6, 6.07) is 13.6. The van der Waals surface area contributed by atoms with Gasteiger partial charge < -0.3 is 14.8 Å². The van der Waals surface area contributed by atoms with E-state index in [4.69, 9.17) is 16.0 Å². The first kappa shape index (κ1) is 22.1. The second-order valence-electron chi connectivity index (χ2n) is 7.10. The average molecular weight is 494 g/mol. The lowest BCUT2D eigenvalue weighted by Crippen LogP contribution is -1.97. The highest BCUT2D eigenvalue weighted by molar-refractivity contribution is 6.33. The lowest BCUT2D eigenvalue weighted by molar-refractivity contribution is 0.0697. The standard InChI is InChI=1S/C22H13ClFN7O4/c23-16-7-1-11(9-15(16)22(32)33)17-8-6-14(34-17)10-25-29-19-18(26-13-4-2-12(24)3-5-13)27-20-21(28-19)31-35-30-20/h1-9H,10H2,(H,32,33)(H,26,27,30). The Balaban J connectivity index is 1.37. The van der Waals surface area contributed by atoms with Gasteiger partial charge in [-0.2, -0.15) is 10.1 Å². The van der Waals surface area contributed by atoms with E-state index in [1.165, 1.54) is 36.4 Å². The van der Waals surface area contributed by atoms with E-state index in [0.717, 1.165) is 0 Å². The zero-order valence-electron chi connectivity index (χ0n) is 17.5. The Kier molecular flexibility index (Phi) is 5.85. The Morgan fingerprint density at radius 3 is 2.60 bits per heavy atom. The van der Waals surface area contributed by atoms with Crippen LogP contribution in [0.3, 0.4) is 0 Å². The van der Waals surface area contributed by atoms with Gasteiger partial charge >= 0.3 is 5.97 Å². The third-order valence-electron chi connectivity index (χ3n) is 4.74. The minimum Gasteiger partial charge on any atom is -0.478 e. The number of hydrogen-bond acceptors (Lipinski definition) is 10. The minimum absolute atomic E-state index is 0.0284. The summed E-state index contributed by atoms with van der Waals surface area (Å²) in [7, 11) is 0. The number of benzene rings is 2. The van der Waals surface area contributed by atoms with Crippen molar-refractivity contribution >= 4 is 46.2 Å². The number of fused-ring (bicyclic) bond motifs is 1. The van der Waals surface area contributed by atoms with Gasteiger partial charge in [-0.05, 0) is 64.9 Å². The number of nitrogens with zero attached hydrogens (tertiary/aromatic N) is 6. The lowest BCUT2D eigenvalue weighted by Gasteiger charge is -2.06. The molecule has 0 spiro atoms. The Hall–Kier alpha value is -4.71. The average Bonchev–Trinajstić information content (AvgIpc) is 3.50. The van der Waals surface area contributed by atoms with E-state index >= 15 is 0 Å². The van der Waals surface area contributed by atoms with Crippen molar-refractivity contribution in [3.05, 3.63) is 76.8 Å². The zero-order chi connectivity index (χ0) is 24.4. The van der Waals surface area contributed by atoms with Crippen molar-refractivity contribution in [2.75, 3.05) is 5.32 Å². The molecule has 5 aromatic rings. The normalized spacial score (nSPS) is 11.4. The SMILES string of the molecule is O=C(O)c1cc(-c2ccc(CN=Nc3nc4nonc4nc3Nc3ccc(F)cc3)o2)ccc1Cl. The molecule has 0 amide bonds. The number of carboxylic acids is 1. The molecule has 0 unspecified atom stereocenters. The summed E-state index contributed by atoms with van der Waals surface area (Å²) in [6.45, 7) is 0.0617. The van der Waals surface area contributed by atoms with E-state index in [9.17, 15) is 14.3 Å². The molecule has 0 aliphatic carbocycles. The number of aromatic carboxylic acids is 1. The number of azo groups is 1. The van der Waals surface area contributed by atoms with Gasteiger partial charge in [0.15, 0.2) is 5.82 Å². The van der Waals surface area contributed by atoms with Gasteiger partial charge in [0.2, 0.25) is 17.1 Å². The summed E-state index contributed by atoms with van der Waals surface area (Å²) in [5.41, 5.74) is 1.37. The predicted octanol–water partition coefficient (Wildman–Crippen LogP) is 5.79. The molecule has 3 aromatic heterocycles. The van der Waals surface area contributed by atoms with E-state index < -0.39 is 5.97 Å². The van der Waals surface area contributed by atoms with Gasteiger partial charge in [-0.25, -0.2) is 18.8 Å². The fraction of sp³-hybridized carbons (Fsp3) is 0.0455. The van der Waals surface area contributed by atoms with Crippen molar-refractivity contribution in [1.82, 2.24) is 20.3 Å². The maximum Gasteiger partial charge on any atom is 0.337 e. The molecule has 0 fully saturated rings. The molecule has 11 nitrogen and oxygen atoms in total. The maximum atomic E-state index is 13.2. The molecular weight excluding hydrogens is 481 g/mol. The summed E-state index contributed by atoms with van der Waals surface area (Å²) in [5.74, 6) is -0.279. The smallest absolute Gasteiger partial charge is 0.337 e. The molecule has 0 aliphatic rings. The summed E-state index contributed by atoms with van der Waals surface area (Å²) in [5, 5.41) is 28.0. The van der Waals surface area contributed by atoms with Crippen molar-refractivity contribution in [3.63, 3.8) is 0 Å². The molecule has 3 heterocycles. The summed E-state index contributed by atoms with van der Waals surface area (Å²) >= 11 is 5.92. The zero-order valence-corrected chi connectivity index (χ0v) is 18.3. The van der Waals surface area contributed by atoms with Crippen molar-refractivity contribution in [2.45, 2.75) is 6.54 Å². The number of hydrogen-bond donors (Lipinski definition) is 2. The van der Waals surface area contributed by atoms with Crippen LogP contribution in [0.25, 0.3) is 22.6 Å². The number of aromatic nitrogens is 4. The number of halogens is 2. The molecular formula is C22H13ClFN7O4. The Bertz CT molecular complexity index is 1570. The minimum atomic E-state index is -1.14. The van der Waals surface area contributed by atoms with Gasteiger partial charge in [0.05, 0.1) is 10.6 Å². The molecule has 0 radical (unpaired) electrons. The van der Waals surface area contributed by atoms with Crippen molar-refractivity contribution in [2.24, 2.45) is 10.2 Å². The number of anilines is 2. The molecule has 0 aliphatic heterocycles. The van der Waals surface area contributed by atoms with Crippen LogP contribution in [0.2, 0.25) is 5.02 Å². The molecule has 174 valence electrons. The number of rotatable bonds is 7. The largest absolute Gasteiger partial charge is 0.478 e. The van der Waals surface area contributed by atoms with Crippen molar-refractivity contribution < 1.29 is 23.3 Å². The number of nitrogens with one attached hydrogen (secondary N) is 1. The van der Waals surface area contributed by atoms with E-state index in [-0.39, 0.29) is 45.9 Å². The molecule has 2 N–H and O–H groups in total. The third kappa shape index (κ3) is 4.82. The van der Waals surface area contributed by atoms with Crippen LogP contribution in [0.5, 0.6) is 0 Å². The van der Waals surface area contributed by atoms with E-state index in [1.807, 2.05) is 0 Å². The number of carbonyl (C=O) groups is 1. The van der Waals surface area contributed by atoms with Crippen LogP contribution in [0.1, 0.15) is 16.1 Å². The van der Waals surface area contributed by atoms with Crippen LogP contribution in [-0.2, 0) is 6.54 Å². The predicted molar refractivity (Wildman–Crippen MR) is 121 cm³/mol. The van der Waals surface area contributed by atoms with Crippen molar-refractivity contribution in [1.29, 1.82) is 0 Å². The molecule has 0 saturated carbocycles. The molecule has 0 bridgehead atoms. The summed E-state index contributed by atoms with van der Waals surface area (Å²) in [6.07, 6.45) is 0. The molecule has 2 aromatic carbocycles. The molecule has 5 rings (SSSR count). The van der Waals surface area contributed by atoms with Crippen LogP contribution in [0.4, 0.5) is 21.7 Å².